The molecule has 0 N–H and O–H groups in total. The number of rotatable bonds is 1. The summed E-state index contributed by atoms with van der Waals surface area (Å²) in [6, 6.07) is 0. The summed E-state index contributed by atoms with van der Waals surface area (Å²) < 4.78 is 5.50. The average Bonchev–Trinajstić information content (AvgIpc) is 2.40. The molecule has 1 unspecified atom stereocenters. The third kappa shape index (κ3) is 2.31. The molecule has 0 aromatic carbocycles. The van der Waals surface area contributed by atoms with Crippen LogP contribution < -0.4 is 0 Å². The Balaban J connectivity index is 1.92. The molecule has 1 saturated heterocycles. The largest absolute Gasteiger partial charge is 0.381 e. The summed E-state index contributed by atoms with van der Waals surface area (Å²) in [6.45, 7) is 1.62. The van der Waals surface area contributed by atoms with E-state index in [1.54, 1.807) is 0 Å². The monoisotopic (exact) mass is 252 g/mol. The first-order valence-corrected chi connectivity index (χ1v) is 6.85. The quantitative estimate of drug-likeness (QED) is 0.721. The van der Waals surface area contributed by atoms with Crippen molar-refractivity contribution in [2.75, 3.05) is 13.2 Å². The topological polar surface area (TPSA) is 35.0 Å². The molecular weight excluding hydrogens is 236 g/mol. The highest BCUT2D eigenvalue weighted by molar-refractivity contribution is 6.30. The van der Waals surface area contributed by atoms with Gasteiger partial charge >= 0.3 is 0 Å². The standard InChI is InChI=1S/C13H17ClN2O/c14-12-10-5-1-2-6-11(10)15-13(16-12)9-4-3-7-17-8-9/h9H,1-8H2. The van der Waals surface area contributed by atoms with Gasteiger partial charge in [-0.25, -0.2) is 9.97 Å². The van der Waals surface area contributed by atoms with Gasteiger partial charge in [0.05, 0.1) is 6.61 Å². The van der Waals surface area contributed by atoms with E-state index in [4.69, 9.17) is 21.3 Å². The Bertz CT molecular complexity index is 416. The second-order valence-electron chi connectivity index (χ2n) is 4.92. The molecule has 2 aliphatic rings. The number of hydrogen-bond acceptors (Lipinski definition) is 3. The van der Waals surface area contributed by atoms with Crippen LogP contribution in [-0.2, 0) is 17.6 Å². The van der Waals surface area contributed by atoms with Crippen LogP contribution >= 0.6 is 11.6 Å². The molecule has 0 amide bonds. The zero-order chi connectivity index (χ0) is 11.7. The molecule has 1 aromatic rings. The first-order chi connectivity index (χ1) is 8.34. The SMILES string of the molecule is Clc1nc(C2CCCOC2)nc2c1CCCC2. The van der Waals surface area contributed by atoms with Gasteiger partial charge in [-0.1, -0.05) is 11.6 Å². The van der Waals surface area contributed by atoms with Gasteiger partial charge in [0, 0.05) is 23.8 Å². The third-order valence-electron chi connectivity index (χ3n) is 3.68. The molecule has 3 nitrogen and oxygen atoms in total. The lowest BCUT2D eigenvalue weighted by molar-refractivity contribution is 0.0779. The predicted molar refractivity (Wildman–Crippen MR) is 66.5 cm³/mol. The molecule has 0 spiro atoms. The van der Waals surface area contributed by atoms with E-state index >= 15 is 0 Å². The van der Waals surface area contributed by atoms with Gasteiger partial charge in [0.2, 0.25) is 0 Å². The van der Waals surface area contributed by atoms with Crippen LogP contribution in [0.3, 0.4) is 0 Å². The van der Waals surface area contributed by atoms with E-state index in [1.807, 2.05) is 0 Å². The van der Waals surface area contributed by atoms with Crippen molar-refractivity contribution in [1.82, 2.24) is 9.97 Å². The Morgan fingerprint density at radius 1 is 1.12 bits per heavy atom. The zero-order valence-electron chi connectivity index (χ0n) is 9.91. The van der Waals surface area contributed by atoms with Crippen LogP contribution in [0, 0.1) is 0 Å². The Labute approximate surface area is 107 Å². The molecule has 3 rings (SSSR count). The van der Waals surface area contributed by atoms with Crippen molar-refractivity contribution in [3.8, 4) is 0 Å². The predicted octanol–water partition coefficient (Wildman–Crippen LogP) is 2.90. The van der Waals surface area contributed by atoms with Crippen LogP contribution in [0.2, 0.25) is 5.15 Å². The highest BCUT2D eigenvalue weighted by Crippen LogP contribution is 2.29. The maximum absolute atomic E-state index is 6.27. The number of halogens is 1. The molecule has 17 heavy (non-hydrogen) atoms. The second-order valence-corrected chi connectivity index (χ2v) is 5.28. The molecule has 1 fully saturated rings. The van der Waals surface area contributed by atoms with E-state index in [0.717, 1.165) is 44.7 Å². The maximum atomic E-state index is 6.27. The number of aromatic nitrogens is 2. The number of hydrogen-bond donors (Lipinski definition) is 0. The Kier molecular flexibility index (Phi) is 3.30. The minimum atomic E-state index is 0.341. The van der Waals surface area contributed by atoms with E-state index in [1.165, 1.54) is 24.1 Å². The molecule has 1 aliphatic carbocycles. The van der Waals surface area contributed by atoms with Gasteiger partial charge in [-0.05, 0) is 38.5 Å². The lowest BCUT2D eigenvalue weighted by atomic mass is 9.96. The van der Waals surface area contributed by atoms with Crippen LogP contribution in [0.1, 0.15) is 48.7 Å². The Morgan fingerprint density at radius 3 is 2.82 bits per heavy atom. The molecule has 4 heteroatoms. The third-order valence-corrected chi connectivity index (χ3v) is 3.99. The summed E-state index contributed by atoms with van der Waals surface area (Å²) in [4.78, 5) is 9.21. The maximum Gasteiger partial charge on any atom is 0.136 e. The molecule has 0 radical (unpaired) electrons. The summed E-state index contributed by atoms with van der Waals surface area (Å²) in [5.74, 6) is 1.24. The lowest BCUT2D eigenvalue weighted by Crippen LogP contribution is -2.20. The van der Waals surface area contributed by atoms with Crippen LogP contribution in [0.25, 0.3) is 0 Å². The van der Waals surface area contributed by atoms with Crippen molar-refractivity contribution in [2.24, 2.45) is 0 Å². The van der Waals surface area contributed by atoms with Crippen LogP contribution in [0.5, 0.6) is 0 Å². The molecular formula is C13H17ClN2O. The van der Waals surface area contributed by atoms with Gasteiger partial charge in [0.25, 0.3) is 0 Å². The number of nitrogens with zero attached hydrogens (tertiary/aromatic N) is 2. The molecule has 0 bridgehead atoms. The van der Waals surface area contributed by atoms with Crippen molar-refractivity contribution in [3.63, 3.8) is 0 Å². The number of ether oxygens (including phenoxy) is 1. The van der Waals surface area contributed by atoms with Gasteiger partial charge < -0.3 is 4.74 Å². The van der Waals surface area contributed by atoms with E-state index in [-0.39, 0.29) is 0 Å². The van der Waals surface area contributed by atoms with Crippen molar-refractivity contribution in [2.45, 2.75) is 44.4 Å². The van der Waals surface area contributed by atoms with Gasteiger partial charge in [0.1, 0.15) is 11.0 Å². The first kappa shape index (κ1) is 11.4. The molecule has 1 aliphatic heterocycles. The van der Waals surface area contributed by atoms with Crippen molar-refractivity contribution < 1.29 is 4.74 Å². The summed E-state index contributed by atoms with van der Waals surface area (Å²) >= 11 is 6.27. The minimum absolute atomic E-state index is 0.341. The van der Waals surface area contributed by atoms with E-state index in [2.05, 4.69) is 4.98 Å². The van der Waals surface area contributed by atoms with E-state index in [9.17, 15) is 0 Å². The molecule has 0 saturated carbocycles. The van der Waals surface area contributed by atoms with Gasteiger partial charge in [-0.2, -0.15) is 0 Å². The van der Waals surface area contributed by atoms with Gasteiger partial charge in [0.15, 0.2) is 0 Å². The first-order valence-electron chi connectivity index (χ1n) is 6.47. The Hall–Kier alpha value is -0.670. The van der Waals surface area contributed by atoms with Gasteiger partial charge in [-0.3, -0.25) is 0 Å². The van der Waals surface area contributed by atoms with Crippen LogP contribution in [0.15, 0.2) is 0 Å². The smallest absolute Gasteiger partial charge is 0.136 e. The molecule has 1 atom stereocenters. The van der Waals surface area contributed by atoms with Crippen LogP contribution in [-0.4, -0.2) is 23.2 Å². The van der Waals surface area contributed by atoms with E-state index in [0.29, 0.717) is 11.1 Å². The average molecular weight is 253 g/mol. The highest BCUT2D eigenvalue weighted by Gasteiger charge is 2.23. The summed E-state index contributed by atoms with van der Waals surface area (Å²) in [6.07, 6.45) is 6.74. The van der Waals surface area contributed by atoms with Crippen molar-refractivity contribution in [1.29, 1.82) is 0 Å². The fraction of sp³-hybridized carbons (Fsp3) is 0.692. The molecule has 2 heterocycles. The Morgan fingerprint density at radius 2 is 2.00 bits per heavy atom. The fourth-order valence-corrected chi connectivity index (χ4v) is 2.98. The second kappa shape index (κ2) is 4.91. The summed E-state index contributed by atoms with van der Waals surface area (Å²) in [5.41, 5.74) is 2.36. The van der Waals surface area contributed by atoms with E-state index < -0.39 is 0 Å². The lowest BCUT2D eigenvalue weighted by Gasteiger charge is -2.23. The minimum Gasteiger partial charge on any atom is -0.381 e. The zero-order valence-corrected chi connectivity index (χ0v) is 10.7. The van der Waals surface area contributed by atoms with Crippen molar-refractivity contribution in [3.05, 3.63) is 22.2 Å². The normalized spacial score (nSPS) is 24.4. The van der Waals surface area contributed by atoms with Crippen molar-refractivity contribution >= 4 is 11.6 Å². The van der Waals surface area contributed by atoms with Gasteiger partial charge in [-0.15, -0.1) is 0 Å². The fourth-order valence-electron chi connectivity index (χ4n) is 2.69. The highest BCUT2D eigenvalue weighted by atomic mass is 35.5. The summed E-state index contributed by atoms with van der Waals surface area (Å²) in [5, 5.41) is 0.676. The molecule has 1 aromatic heterocycles. The number of aryl methyl sites for hydroxylation is 1. The molecule has 92 valence electrons. The summed E-state index contributed by atoms with van der Waals surface area (Å²) in [7, 11) is 0. The number of fused-ring (bicyclic) bond motifs is 1. The van der Waals surface area contributed by atoms with Crippen LogP contribution in [0.4, 0.5) is 0 Å².